The molecule has 0 radical (unpaired) electrons. The molecular formula is C12H14O4. The predicted octanol–water partition coefficient (Wildman–Crippen LogP) is 0.996. The standard InChI is InChI=1S/C12H14O4/c1-11-4-3-7-5-9(13)8(6-10(11)14)12(11,15-2)16-7/h6-7H,3-5H2,1-2H3. The van der Waals surface area contributed by atoms with Crippen LogP contribution < -0.4 is 0 Å². The Balaban J connectivity index is 2.21. The highest BCUT2D eigenvalue weighted by atomic mass is 16.7. The van der Waals surface area contributed by atoms with Gasteiger partial charge in [0.05, 0.1) is 17.1 Å². The molecule has 2 fully saturated rings. The third kappa shape index (κ3) is 0.885. The highest BCUT2D eigenvalue weighted by Gasteiger charge is 2.67. The number of methoxy groups -OCH3 is 1. The number of hydrogen-bond donors (Lipinski definition) is 0. The number of Topliss-reactive ketones (excluding diaryl/α,β-unsaturated/α-hetero) is 1. The summed E-state index contributed by atoms with van der Waals surface area (Å²) in [7, 11) is 1.51. The first kappa shape index (κ1) is 10.2. The molecule has 0 aromatic rings. The van der Waals surface area contributed by atoms with Crippen LogP contribution in [-0.4, -0.2) is 30.6 Å². The smallest absolute Gasteiger partial charge is 0.211 e. The molecule has 0 spiro atoms. The molecule has 0 saturated carbocycles. The van der Waals surface area contributed by atoms with Crippen LogP contribution in [0.2, 0.25) is 0 Å². The minimum absolute atomic E-state index is 0.00475. The molecule has 86 valence electrons. The number of allylic oxidation sites excluding steroid dienone is 1. The van der Waals surface area contributed by atoms with Gasteiger partial charge in [0, 0.05) is 13.5 Å². The minimum Gasteiger partial charge on any atom is -0.348 e. The Hall–Kier alpha value is -1.00. The Morgan fingerprint density at radius 1 is 1.50 bits per heavy atom. The molecule has 1 aliphatic carbocycles. The molecule has 2 bridgehead atoms. The zero-order valence-corrected chi connectivity index (χ0v) is 9.41. The van der Waals surface area contributed by atoms with Crippen molar-refractivity contribution < 1.29 is 19.1 Å². The molecule has 0 N–H and O–H groups in total. The number of carbonyl (C=O) groups excluding carboxylic acids is 2. The molecule has 4 nitrogen and oxygen atoms in total. The van der Waals surface area contributed by atoms with Crippen LogP contribution in [0.5, 0.6) is 0 Å². The fraction of sp³-hybridized carbons (Fsp3) is 0.667. The molecule has 2 heterocycles. The maximum Gasteiger partial charge on any atom is 0.211 e. The highest BCUT2D eigenvalue weighted by Crippen LogP contribution is 2.56. The van der Waals surface area contributed by atoms with Gasteiger partial charge in [0.15, 0.2) is 11.6 Å². The number of hydrogen-bond acceptors (Lipinski definition) is 4. The summed E-state index contributed by atoms with van der Waals surface area (Å²) in [4.78, 5) is 24.0. The van der Waals surface area contributed by atoms with E-state index in [4.69, 9.17) is 9.47 Å². The lowest BCUT2D eigenvalue weighted by molar-refractivity contribution is -0.295. The first-order chi connectivity index (χ1) is 7.53. The molecule has 0 aromatic heterocycles. The van der Waals surface area contributed by atoms with E-state index < -0.39 is 11.2 Å². The van der Waals surface area contributed by atoms with E-state index in [0.29, 0.717) is 12.0 Å². The zero-order valence-electron chi connectivity index (χ0n) is 9.41. The summed E-state index contributed by atoms with van der Waals surface area (Å²) >= 11 is 0. The lowest BCUT2D eigenvalue weighted by Crippen LogP contribution is -2.60. The largest absolute Gasteiger partial charge is 0.348 e. The van der Waals surface area contributed by atoms with Crippen LogP contribution in [0.15, 0.2) is 11.6 Å². The second-order valence-corrected chi connectivity index (χ2v) is 4.98. The Morgan fingerprint density at radius 2 is 2.25 bits per heavy atom. The van der Waals surface area contributed by atoms with Gasteiger partial charge in [-0.3, -0.25) is 9.59 Å². The van der Waals surface area contributed by atoms with Crippen LogP contribution in [0.4, 0.5) is 0 Å². The highest BCUT2D eigenvalue weighted by molar-refractivity contribution is 6.12. The lowest BCUT2D eigenvalue weighted by atomic mass is 9.70. The molecule has 3 unspecified atom stereocenters. The van der Waals surface area contributed by atoms with E-state index in [1.807, 2.05) is 6.92 Å². The number of ketones is 2. The van der Waals surface area contributed by atoms with Gasteiger partial charge in [-0.2, -0.15) is 0 Å². The average molecular weight is 222 g/mol. The summed E-state index contributed by atoms with van der Waals surface area (Å²) in [5, 5.41) is 0. The van der Waals surface area contributed by atoms with Crippen LogP contribution >= 0.6 is 0 Å². The quantitative estimate of drug-likeness (QED) is 0.664. The molecule has 0 aromatic carbocycles. The van der Waals surface area contributed by atoms with Crippen molar-refractivity contribution in [2.45, 2.75) is 38.1 Å². The van der Waals surface area contributed by atoms with E-state index in [9.17, 15) is 9.59 Å². The maximum atomic E-state index is 12.0. The summed E-state index contributed by atoms with van der Waals surface area (Å²) in [5.41, 5.74) is -0.303. The van der Waals surface area contributed by atoms with Crippen molar-refractivity contribution in [2.75, 3.05) is 7.11 Å². The van der Waals surface area contributed by atoms with Crippen LogP contribution in [-0.2, 0) is 19.1 Å². The molecule has 3 rings (SSSR count). The number of rotatable bonds is 1. The van der Waals surface area contributed by atoms with Gasteiger partial charge in [0.2, 0.25) is 5.79 Å². The van der Waals surface area contributed by atoms with Gasteiger partial charge >= 0.3 is 0 Å². The lowest BCUT2D eigenvalue weighted by Gasteiger charge is -2.51. The van der Waals surface area contributed by atoms with Crippen molar-refractivity contribution in [1.82, 2.24) is 0 Å². The van der Waals surface area contributed by atoms with Crippen molar-refractivity contribution in [2.24, 2.45) is 5.41 Å². The monoisotopic (exact) mass is 222 g/mol. The third-order valence-corrected chi connectivity index (χ3v) is 4.20. The Kier molecular flexibility index (Phi) is 1.79. The normalized spacial score (nSPS) is 45.9. The fourth-order valence-electron chi connectivity index (χ4n) is 3.18. The van der Waals surface area contributed by atoms with E-state index in [2.05, 4.69) is 0 Å². The van der Waals surface area contributed by atoms with Crippen LogP contribution in [0, 0.1) is 5.41 Å². The van der Waals surface area contributed by atoms with Crippen molar-refractivity contribution in [3.05, 3.63) is 11.6 Å². The van der Waals surface area contributed by atoms with Crippen LogP contribution in [0.1, 0.15) is 26.2 Å². The predicted molar refractivity (Wildman–Crippen MR) is 54.7 cm³/mol. The number of fused-ring (bicyclic) bond motifs is 1. The Labute approximate surface area is 93.6 Å². The van der Waals surface area contributed by atoms with Crippen molar-refractivity contribution in [1.29, 1.82) is 0 Å². The zero-order chi connectivity index (χ0) is 11.6. The topological polar surface area (TPSA) is 52.6 Å². The van der Waals surface area contributed by atoms with Gasteiger partial charge in [-0.25, -0.2) is 0 Å². The maximum absolute atomic E-state index is 12.0. The summed E-state index contributed by atoms with van der Waals surface area (Å²) in [5.74, 6) is -1.16. The summed E-state index contributed by atoms with van der Waals surface area (Å²) < 4.78 is 11.3. The van der Waals surface area contributed by atoms with Gasteiger partial charge in [0.1, 0.15) is 0 Å². The average Bonchev–Trinajstić information content (AvgIpc) is 2.52. The third-order valence-electron chi connectivity index (χ3n) is 4.20. The molecule has 2 saturated heterocycles. The minimum atomic E-state index is -1.11. The van der Waals surface area contributed by atoms with Crippen molar-refractivity contribution in [3.63, 3.8) is 0 Å². The van der Waals surface area contributed by atoms with E-state index in [1.165, 1.54) is 13.2 Å². The second-order valence-electron chi connectivity index (χ2n) is 4.98. The molecule has 4 heteroatoms. The van der Waals surface area contributed by atoms with E-state index >= 15 is 0 Å². The summed E-state index contributed by atoms with van der Waals surface area (Å²) in [6.07, 6.45) is 3.18. The molecule has 0 amide bonds. The van der Waals surface area contributed by atoms with Gasteiger partial charge in [-0.15, -0.1) is 0 Å². The first-order valence-corrected chi connectivity index (χ1v) is 5.56. The SMILES string of the molecule is COC12OC3CCC1(C)C(=O)C=C2C(=O)C3. The summed E-state index contributed by atoms with van der Waals surface area (Å²) in [6.45, 7) is 1.83. The molecular weight excluding hydrogens is 208 g/mol. The second kappa shape index (κ2) is 2.81. The fourth-order valence-corrected chi connectivity index (χ4v) is 3.18. The molecule has 16 heavy (non-hydrogen) atoms. The van der Waals surface area contributed by atoms with E-state index in [1.54, 1.807) is 0 Å². The number of carbonyl (C=O) groups is 2. The van der Waals surface area contributed by atoms with Gasteiger partial charge < -0.3 is 9.47 Å². The van der Waals surface area contributed by atoms with Crippen LogP contribution in [0.3, 0.4) is 0 Å². The van der Waals surface area contributed by atoms with E-state index in [-0.39, 0.29) is 17.7 Å². The molecule has 2 aliphatic heterocycles. The molecule has 3 atom stereocenters. The Morgan fingerprint density at radius 3 is 2.94 bits per heavy atom. The summed E-state index contributed by atoms with van der Waals surface area (Å²) in [6, 6.07) is 0. The molecule has 3 aliphatic rings. The van der Waals surface area contributed by atoms with Crippen LogP contribution in [0.25, 0.3) is 0 Å². The van der Waals surface area contributed by atoms with Gasteiger partial charge in [-0.05, 0) is 25.8 Å². The Bertz CT molecular complexity index is 425. The van der Waals surface area contributed by atoms with Crippen molar-refractivity contribution in [3.8, 4) is 0 Å². The number of ether oxygens (including phenoxy) is 2. The van der Waals surface area contributed by atoms with Gasteiger partial charge in [-0.1, -0.05) is 0 Å². The van der Waals surface area contributed by atoms with Crippen molar-refractivity contribution >= 4 is 11.6 Å². The first-order valence-electron chi connectivity index (χ1n) is 5.56. The van der Waals surface area contributed by atoms with E-state index in [0.717, 1.165) is 12.8 Å². The van der Waals surface area contributed by atoms with Gasteiger partial charge in [0.25, 0.3) is 0 Å².